The van der Waals surface area contributed by atoms with Crippen molar-refractivity contribution in [2.75, 3.05) is 40.5 Å². The minimum absolute atomic E-state index is 0.150. The Kier molecular flexibility index (Phi) is 7.80. The summed E-state index contributed by atoms with van der Waals surface area (Å²) in [5, 5.41) is 14.3. The number of carbonyl (C=O) groups is 1. The molecule has 8 nitrogen and oxygen atoms in total. The van der Waals surface area contributed by atoms with Gasteiger partial charge >= 0.3 is 0 Å². The Bertz CT molecular complexity index is 1230. The van der Waals surface area contributed by atoms with Crippen LogP contribution in [0.5, 0.6) is 5.75 Å². The van der Waals surface area contributed by atoms with Crippen LogP contribution in [0.1, 0.15) is 39.8 Å². The zero-order valence-corrected chi connectivity index (χ0v) is 20.5. The van der Waals surface area contributed by atoms with Crippen molar-refractivity contribution in [2.24, 2.45) is 0 Å². The zero-order valence-electron chi connectivity index (χ0n) is 20.5. The van der Waals surface area contributed by atoms with Gasteiger partial charge in [0.2, 0.25) is 0 Å². The molecule has 0 bridgehead atoms. The fourth-order valence-electron chi connectivity index (χ4n) is 4.48. The number of methoxy groups -OCH3 is 2. The molecule has 1 aliphatic rings. The van der Waals surface area contributed by atoms with Crippen molar-refractivity contribution >= 4 is 5.91 Å². The zero-order chi connectivity index (χ0) is 24.8. The molecule has 1 amide bonds. The number of fused-ring (bicyclic) bond motifs is 1. The summed E-state index contributed by atoms with van der Waals surface area (Å²) in [6, 6.07) is 16.8. The van der Waals surface area contributed by atoms with Gasteiger partial charge in [-0.2, -0.15) is 10.4 Å². The first-order chi connectivity index (χ1) is 17.1. The number of benzene rings is 2. The summed E-state index contributed by atoms with van der Waals surface area (Å²) < 4.78 is 12.9. The van der Waals surface area contributed by atoms with Gasteiger partial charge in [-0.25, -0.2) is 4.68 Å². The SMILES string of the molecule is CCN1CCc2c(c(CN(CCOC)C(=O)c3cccc(C#N)c3)nn2-c2ccccc2OC)C1. The molecule has 3 aromatic rings. The lowest BCUT2D eigenvalue weighted by Crippen LogP contribution is -2.35. The Morgan fingerprint density at radius 2 is 2.03 bits per heavy atom. The Balaban J connectivity index is 1.74. The minimum atomic E-state index is -0.150. The van der Waals surface area contributed by atoms with Crippen LogP contribution in [-0.4, -0.2) is 65.9 Å². The van der Waals surface area contributed by atoms with Gasteiger partial charge in [0.05, 0.1) is 43.3 Å². The van der Waals surface area contributed by atoms with Crippen molar-refractivity contribution in [1.82, 2.24) is 19.6 Å². The predicted molar refractivity (Wildman–Crippen MR) is 133 cm³/mol. The van der Waals surface area contributed by atoms with E-state index in [9.17, 15) is 10.1 Å². The van der Waals surface area contributed by atoms with Crippen molar-refractivity contribution < 1.29 is 14.3 Å². The van der Waals surface area contributed by atoms with Gasteiger partial charge in [0, 0.05) is 44.3 Å². The third kappa shape index (κ3) is 5.21. The van der Waals surface area contributed by atoms with Gasteiger partial charge in [0.15, 0.2) is 0 Å². The highest BCUT2D eigenvalue weighted by Gasteiger charge is 2.28. The second-order valence-corrected chi connectivity index (χ2v) is 8.49. The van der Waals surface area contributed by atoms with Crippen LogP contribution in [0.25, 0.3) is 5.69 Å². The maximum absolute atomic E-state index is 13.5. The molecule has 0 atom stereocenters. The summed E-state index contributed by atoms with van der Waals surface area (Å²) >= 11 is 0. The second kappa shape index (κ2) is 11.2. The van der Waals surface area contributed by atoms with E-state index in [0.717, 1.165) is 54.4 Å². The lowest BCUT2D eigenvalue weighted by Gasteiger charge is -2.27. The topological polar surface area (TPSA) is 83.6 Å². The van der Waals surface area contributed by atoms with Crippen molar-refractivity contribution in [3.63, 3.8) is 0 Å². The highest BCUT2D eigenvalue weighted by Crippen LogP contribution is 2.30. The molecule has 182 valence electrons. The van der Waals surface area contributed by atoms with E-state index in [1.807, 2.05) is 28.9 Å². The Morgan fingerprint density at radius 3 is 2.77 bits per heavy atom. The molecule has 2 aromatic carbocycles. The molecule has 2 heterocycles. The monoisotopic (exact) mass is 473 g/mol. The number of aromatic nitrogens is 2. The molecule has 0 spiro atoms. The molecule has 35 heavy (non-hydrogen) atoms. The van der Waals surface area contributed by atoms with Gasteiger partial charge in [-0.05, 0) is 36.9 Å². The van der Waals surface area contributed by atoms with Crippen LogP contribution >= 0.6 is 0 Å². The van der Waals surface area contributed by atoms with E-state index in [-0.39, 0.29) is 5.91 Å². The number of para-hydroxylation sites is 2. The van der Waals surface area contributed by atoms with E-state index >= 15 is 0 Å². The minimum Gasteiger partial charge on any atom is -0.494 e. The van der Waals surface area contributed by atoms with Gasteiger partial charge in [-0.3, -0.25) is 9.69 Å². The molecule has 0 radical (unpaired) electrons. The number of nitriles is 1. The molecule has 0 saturated carbocycles. The molecule has 4 rings (SSSR count). The smallest absolute Gasteiger partial charge is 0.254 e. The molecule has 1 aliphatic heterocycles. The number of likely N-dealkylation sites (N-methyl/N-ethyl adjacent to an activating group) is 1. The second-order valence-electron chi connectivity index (χ2n) is 8.49. The van der Waals surface area contributed by atoms with Gasteiger partial charge in [0.25, 0.3) is 5.91 Å². The van der Waals surface area contributed by atoms with Gasteiger partial charge < -0.3 is 14.4 Å². The number of ether oxygens (including phenoxy) is 2. The fourth-order valence-corrected chi connectivity index (χ4v) is 4.48. The number of carbonyl (C=O) groups excluding carboxylic acids is 1. The summed E-state index contributed by atoms with van der Waals surface area (Å²) in [7, 11) is 3.28. The third-order valence-electron chi connectivity index (χ3n) is 6.41. The van der Waals surface area contributed by atoms with Crippen molar-refractivity contribution in [1.29, 1.82) is 5.26 Å². The summed E-state index contributed by atoms with van der Waals surface area (Å²) in [5.41, 5.74) is 5.00. The first-order valence-corrected chi connectivity index (χ1v) is 11.8. The molecular formula is C27H31N5O3. The number of rotatable bonds is 9. The molecule has 0 aliphatic carbocycles. The van der Waals surface area contributed by atoms with E-state index in [1.54, 1.807) is 43.4 Å². The molecule has 1 aromatic heterocycles. The Hall–Kier alpha value is -3.67. The van der Waals surface area contributed by atoms with Crippen LogP contribution in [0.3, 0.4) is 0 Å². The van der Waals surface area contributed by atoms with Crippen LogP contribution < -0.4 is 4.74 Å². The van der Waals surface area contributed by atoms with E-state index in [2.05, 4.69) is 17.9 Å². The molecule has 0 saturated heterocycles. The van der Waals surface area contributed by atoms with E-state index < -0.39 is 0 Å². The fraction of sp³-hybridized carbons (Fsp3) is 0.370. The summed E-state index contributed by atoms with van der Waals surface area (Å²) in [5.74, 6) is 0.603. The van der Waals surface area contributed by atoms with Gasteiger partial charge in [0.1, 0.15) is 11.4 Å². The van der Waals surface area contributed by atoms with Crippen LogP contribution in [0.2, 0.25) is 0 Å². The number of hydrogen-bond donors (Lipinski definition) is 0. The maximum atomic E-state index is 13.5. The molecule has 8 heteroatoms. The third-order valence-corrected chi connectivity index (χ3v) is 6.41. The summed E-state index contributed by atoms with van der Waals surface area (Å²) in [6.45, 7) is 6.02. The van der Waals surface area contributed by atoms with Crippen molar-refractivity contribution in [3.8, 4) is 17.5 Å². The largest absolute Gasteiger partial charge is 0.494 e. The summed E-state index contributed by atoms with van der Waals surface area (Å²) in [6.07, 6.45) is 0.866. The highest BCUT2D eigenvalue weighted by atomic mass is 16.5. The lowest BCUT2D eigenvalue weighted by molar-refractivity contribution is 0.0676. The normalized spacial score (nSPS) is 13.2. The summed E-state index contributed by atoms with van der Waals surface area (Å²) in [4.78, 5) is 17.6. The van der Waals surface area contributed by atoms with Crippen LogP contribution in [0, 0.1) is 11.3 Å². The van der Waals surface area contributed by atoms with Gasteiger partial charge in [-0.1, -0.05) is 25.1 Å². The van der Waals surface area contributed by atoms with Crippen LogP contribution in [0.15, 0.2) is 48.5 Å². The number of hydrogen-bond acceptors (Lipinski definition) is 6. The average Bonchev–Trinajstić information content (AvgIpc) is 3.27. The first kappa shape index (κ1) is 24.5. The van der Waals surface area contributed by atoms with E-state index in [0.29, 0.717) is 30.8 Å². The van der Waals surface area contributed by atoms with E-state index in [4.69, 9.17) is 14.6 Å². The van der Waals surface area contributed by atoms with E-state index in [1.165, 1.54) is 0 Å². The number of nitrogens with zero attached hydrogens (tertiary/aromatic N) is 5. The van der Waals surface area contributed by atoms with Crippen LogP contribution in [-0.2, 0) is 24.2 Å². The molecular weight excluding hydrogens is 442 g/mol. The number of amides is 1. The quantitative estimate of drug-likeness (QED) is 0.474. The molecule has 0 fully saturated rings. The molecule has 0 N–H and O–H groups in total. The first-order valence-electron chi connectivity index (χ1n) is 11.8. The van der Waals surface area contributed by atoms with Gasteiger partial charge in [-0.15, -0.1) is 0 Å². The predicted octanol–water partition coefficient (Wildman–Crippen LogP) is 3.42. The average molecular weight is 474 g/mol. The Morgan fingerprint density at radius 1 is 1.20 bits per heavy atom. The van der Waals surface area contributed by atoms with Crippen LogP contribution in [0.4, 0.5) is 0 Å². The Labute approximate surface area is 206 Å². The lowest BCUT2D eigenvalue weighted by atomic mass is 10.0. The van der Waals surface area contributed by atoms with Crippen molar-refractivity contribution in [2.45, 2.75) is 26.4 Å². The standard InChI is InChI=1S/C27H31N5O3/c1-4-30-13-12-24-22(18-30)23(29-32(24)25-10-5-6-11-26(25)35-3)19-31(14-15-34-2)27(33)21-9-7-8-20(16-21)17-28/h5-11,16H,4,12-15,18-19H2,1-3H3. The highest BCUT2D eigenvalue weighted by molar-refractivity contribution is 5.94. The molecule has 0 unspecified atom stereocenters. The van der Waals surface area contributed by atoms with Crippen molar-refractivity contribution in [3.05, 3.63) is 76.6 Å². The maximum Gasteiger partial charge on any atom is 0.254 e.